The maximum absolute atomic E-state index is 13.4. The molecule has 0 unspecified atom stereocenters. The number of ether oxygens (including phenoxy) is 1. The van der Waals surface area contributed by atoms with Crippen molar-refractivity contribution in [1.82, 2.24) is 9.88 Å². The van der Waals surface area contributed by atoms with Gasteiger partial charge in [0.1, 0.15) is 4.34 Å². The summed E-state index contributed by atoms with van der Waals surface area (Å²) in [5.41, 5.74) is 2.23. The van der Waals surface area contributed by atoms with Gasteiger partial charge in [-0.1, -0.05) is 46.1 Å². The van der Waals surface area contributed by atoms with Gasteiger partial charge in [0.05, 0.1) is 33.3 Å². The van der Waals surface area contributed by atoms with E-state index in [1.165, 1.54) is 22.7 Å². The highest BCUT2D eigenvalue weighted by atomic mass is 35.5. The Morgan fingerprint density at radius 1 is 1.21 bits per heavy atom. The number of carbonyl (C=O) groups excluding carboxylic acids is 1. The largest absolute Gasteiger partial charge is 0.379 e. The topological polar surface area (TPSA) is 45.7 Å². The minimum Gasteiger partial charge on any atom is -0.379 e. The summed E-state index contributed by atoms with van der Waals surface area (Å²) in [5, 5.41) is 1.28. The second kappa shape index (κ2) is 9.06. The molecule has 0 spiro atoms. The number of hydrogen-bond acceptors (Lipinski definition) is 6. The van der Waals surface area contributed by atoms with Gasteiger partial charge in [-0.15, -0.1) is 11.3 Å². The van der Waals surface area contributed by atoms with Crippen molar-refractivity contribution in [3.05, 3.63) is 43.0 Å². The summed E-state index contributed by atoms with van der Waals surface area (Å²) in [5.74, 6) is -0.200. The van der Waals surface area contributed by atoms with E-state index in [0.29, 0.717) is 44.1 Å². The molecule has 1 saturated heterocycles. The van der Waals surface area contributed by atoms with Crippen LogP contribution in [0.2, 0.25) is 13.7 Å². The molecule has 10 heteroatoms. The number of benzene rings is 1. The van der Waals surface area contributed by atoms with Gasteiger partial charge in [-0.25, -0.2) is 4.98 Å². The number of aromatic nitrogens is 1. The first-order valence-corrected chi connectivity index (χ1v) is 11.8. The first-order chi connectivity index (χ1) is 13.9. The predicted octanol–water partition coefficient (Wildman–Crippen LogP) is 5.61. The summed E-state index contributed by atoms with van der Waals surface area (Å²) < 4.78 is 7.23. The average Bonchev–Trinajstić information content (AvgIpc) is 3.25. The zero-order valence-corrected chi connectivity index (χ0v) is 19.5. The van der Waals surface area contributed by atoms with Crippen molar-refractivity contribution in [2.24, 2.45) is 0 Å². The second-order valence-corrected chi connectivity index (χ2v) is 10.4. The molecule has 1 aliphatic heterocycles. The molecule has 0 atom stereocenters. The maximum atomic E-state index is 13.4. The monoisotopic (exact) mass is 489 g/mol. The van der Waals surface area contributed by atoms with E-state index in [1.807, 2.05) is 19.1 Å². The zero-order valence-electron chi connectivity index (χ0n) is 15.6. The fraction of sp³-hybridized carbons (Fsp3) is 0.368. The molecule has 1 amide bonds. The molecule has 0 bridgehead atoms. The van der Waals surface area contributed by atoms with Crippen molar-refractivity contribution in [3.8, 4) is 0 Å². The predicted molar refractivity (Wildman–Crippen MR) is 123 cm³/mol. The number of thiazole rings is 1. The highest BCUT2D eigenvalue weighted by Crippen LogP contribution is 2.36. The fourth-order valence-electron chi connectivity index (χ4n) is 3.24. The number of fused-ring (bicyclic) bond motifs is 1. The van der Waals surface area contributed by atoms with Crippen LogP contribution in [-0.4, -0.2) is 55.2 Å². The van der Waals surface area contributed by atoms with Gasteiger partial charge >= 0.3 is 0 Å². The lowest BCUT2D eigenvalue weighted by atomic mass is 10.2. The Bertz CT molecular complexity index is 1050. The Kier molecular flexibility index (Phi) is 6.65. The molecule has 3 heterocycles. The van der Waals surface area contributed by atoms with Crippen LogP contribution in [0.25, 0.3) is 10.2 Å². The van der Waals surface area contributed by atoms with Gasteiger partial charge in [0.25, 0.3) is 5.91 Å². The van der Waals surface area contributed by atoms with Crippen LogP contribution < -0.4 is 4.90 Å². The summed E-state index contributed by atoms with van der Waals surface area (Å²) in [4.78, 5) is 22.1. The maximum Gasteiger partial charge on any atom is 0.262 e. The number of morpholine rings is 1. The molecule has 3 aromatic rings. The minimum atomic E-state index is -0.200. The van der Waals surface area contributed by atoms with Crippen LogP contribution in [-0.2, 0) is 4.74 Å². The lowest BCUT2D eigenvalue weighted by molar-refractivity contribution is 0.0391. The molecule has 0 radical (unpaired) electrons. The molecule has 1 fully saturated rings. The number of anilines is 1. The number of carbonyl (C=O) groups is 1. The van der Waals surface area contributed by atoms with Crippen molar-refractivity contribution in [2.45, 2.75) is 6.92 Å². The second-order valence-electron chi connectivity index (χ2n) is 6.71. The molecule has 1 aromatic carbocycles. The van der Waals surface area contributed by atoms with E-state index >= 15 is 0 Å². The van der Waals surface area contributed by atoms with E-state index < -0.39 is 0 Å². The van der Waals surface area contributed by atoms with Gasteiger partial charge in [-0.05, 0) is 30.7 Å². The smallest absolute Gasteiger partial charge is 0.262 e. The summed E-state index contributed by atoms with van der Waals surface area (Å²) in [6.07, 6.45) is 0. The number of hydrogen-bond donors (Lipinski definition) is 0. The van der Waals surface area contributed by atoms with Crippen LogP contribution in [0, 0.1) is 6.92 Å². The molecule has 2 aromatic heterocycles. The Hall–Kier alpha value is -0.930. The number of halogens is 3. The van der Waals surface area contributed by atoms with Crippen LogP contribution in [0.3, 0.4) is 0 Å². The highest BCUT2D eigenvalue weighted by molar-refractivity contribution is 7.22. The molecular weight excluding hydrogens is 473 g/mol. The lowest BCUT2D eigenvalue weighted by Gasteiger charge is -2.29. The molecule has 0 saturated carbocycles. The first kappa shape index (κ1) is 21.3. The summed E-state index contributed by atoms with van der Waals surface area (Å²) in [7, 11) is 0. The Labute approximate surface area is 191 Å². The molecule has 0 N–H and O–H groups in total. The number of aryl methyl sites for hydroxylation is 1. The molecular formula is C19H18Cl3N3O2S2. The summed E-state index contributed by atoms with van der Waals surface area (Å²) in [6, 6.07) is 5.38. The van der Waals surface area contributed by atoms with Gasteiger partial charge in [0.15, 0.2) is 5.13 Å². The lowest BCUT2D eigenvalue weighted by Crippen LogP contribution is -2.43. The molecule has 1 aliphatic rings. The van der Waals surface area contributed by atoms with Crippen LogP contribution in [0.15, 0.2) is 18.2 Å². The van der Waals surface area contributed by atoms with Crippen molar-refractivity contribution < 1.29 is 9.53 Å². The highest BCUT2D eigenvalue weighted by Gasteiger charge is 2.26. The number of rotatable bonds is 5. The Balaban J connectivity index is 1.68. The van der Waals surface area contributed by atoms with Crippen molar-refractivity contribution in [1.29, 1.82) is 0 Å². The fourth-order valence-corrected chi connectivity index (χ4v) is 6.13. The Morgan fingerprint density at radius 2 is 1.97 bits per heavy atom. The molecule has 5 nitrogen and oxygen atoms in total. The summed E-state index contributed by atoms with van der Waals surface area (Å²) in [6.45, 7) is 6.29. The van der Waals surface area contributed by atoms with Crippen molar-refractivity contribution in [3.63, 3.8) is 0 Å². The molecule has 29 heavy (non-hydrogen) atoms. The van der Waals surface area contributed by atoms with E-state index in [9.17, 15) is 4.79 Å². The number of thiophene rings is 1. The molecule has 154 valence electrons. The van der Waals surface area contributed by atoms with E-state index in [2.05, 4.69) is 4.90 Å². The van der Waals surface area contributed by atoms with E-state index in [-0.39, 0.29) is 5.91 Å². The van der Waals surface area contributed by atoms with Crippen molar-refractivity contribution >= 4 is 78.7 Å². The minimum absolute atomic E-state index is 0.200. The standard InChI is InChI=1S/C19H18Cl3N3O2S2/c1-11-8-12(20)9-14-16(11)23-19(28-14)25(3-2-24-4-6-27-7-5-24)18(26)13-10-15(21)29-17(13)22/h8-10H,2-7H2,1H3. The normalized spacial score (nSPS) is 15.2. The van der Waals surface area contributed by atoms with Gasteiger partial charge in [0, 0.05) is 31.2 Å². The van der Waals surface area contributed by atoms with E-state index in [0.717, 1.165) is 35.4 Å². The number of amides is 1. The third kappa shape index (κ3) is 4.71. The van der Waals surface area contributed by atoms with Crippen LogP contribution in [0.4, 0.5) is 5.13 Å². The van der Waals surface area contributed by atoms with Crippen molar-refractivity contribution in [2.75, 3.05) is 44.3 Å². The van der Waals surface area contributed by atoms with Crippen LogP contribution in [0.1, 0.15) is 15.9 Å². The van der Waals surface area contributed by atoms with E-state index in [1.54, 1.807) is 11.0 Å². The van der Waals surface area contributed by atoms with Crippen LogP contribution >= 0.6 is 57.5 Å². The molecule has 4 rings (SSSR count). The molecule has 0 aliphatic carbocycles. The first-order valence-electron chi connectivity index (χ1n) is 9.06. The Morgan fingerprint density at radius 3 is 2.66 bits per heavy atom. The van der Waals surface area contributed by atoms with Gasteiger partial charge in [-0.3, -0.25) is 14.6 Å². The SMILES string of the molecule is Cc1cc(Cl)cc2sc(N(CCN3CCOCC3)C(=O)c3cc(Cl)sc3Cl)nc12. The zero-order chi connectivity index (χ0) is 20.5. The third-order valence-corrected chi connectivity index (χ3v) is 7.48. The average molecular weight is 491 g/mol. The van der Waals surface area contributed by atoms with Gasteiger partial charge in [0.2, 0.25) is 0 Å². The van der Waals surface area contributed by atoms with E-state index in [4.69, 9.17) is 44.5 Å². The number of nitrogens with zero attached hydrogens (tertiary/aromatic N) is 3. The summed E-state index contributed by atoms with van der Waals surface area (Å²) >= 11 is 21.2. The van der Waals surface area contributed by atoms with Gasteiger partial charge < -0.3 is 4.74 Å². The quantitative estimate of drug-likeness (QED) is 0.467. The van der Waals surface area contributed by atoms with Gasteiger partial charge in [-0.2, -0.15) is 0 Å². The van der Waals surface area contributed by atoms with Crippen LogP contribution in [0.5, 0.6) is 0 Å². The third-order valence-electron chi connectivity index (χ3n) is 4.75.